The predicted octanol–water partition coefficient (Wildman–Crippen LogP) is 8.12. The van der Waals surface area contributed by atoms with Gasteiger partial charge in [0.25, 0.3) is 0 Å². The third-order valence-corrected chi connectivity index (χ3v) is 17.3. The molecule has 0 spiro atoms. The van der Waals surface area contributed by atoms with Crippen LogP contribution in [-0.4, -0.2) is 190 Å². The normalized spacial score (nSPS) is 36.1. The summed E-state index contributed by atoms with van der Waals surface area (Å²) in [6.45, 7) is 12.4. The summed E-state index contributed by atoms with van der Waals surface area (Å²) < 4.78 is 75.3. The fourth-order valence-electron chi connectivity index (χ4n) is 12.1. The Morgan fingerprint density at radius 2 is 0.872 bits per heavy atom. The van der Waals surface area contributed by atoms with Crippen molar-refractivity contribution in [3.8, 4) is 0 Å². The molecule has 5 saturated heterocycles. The molecule has 0 aromatic heterocycles. The Morgan fingerprint density at radius 1 is 0.442 bits per heavy atom. The first kappa shape index (κ1) is 74.1. The van der Waals surface area contributed by atoms with Gasteiger partial charge >= 0.3 is 23.9 Å². The van der Waals surface area contributed by atoms with Crippen LogP contribution in [0, 0.1) is 0 Å². The second kappa shape index (κ2) is 40.2. The molecule has 0 unspecified atom stereocenters. The molecule has 0 saturated carbocycles. The second-order valence-corrected chi connectivity index (χ2v) is 24.7. The number of hydrogen-bond donors (Lipinski definition) is 6. The first-order valence-corrected chi connectivity index (χ1v) is 33.5. The van der Waals surface area contributed by atoms with Gasteiger partial charge in [0.1, 0.15) is 54.9 Å². The van der Waals surface area contributed by atoms with Crippen molar-refractivity contribution in [1.82, 2.24) is 0 Å². The van der Waals surface area contributed by atoms with E-state index in [1.165, 1.54) is 0 Å². The van der Waals surface area contributed by atoms with E-state index in [2.05, 4.69) is 27.7 Å². The van der Waals surface area contributed by atoms with Gasteiger partial charge in [-0.25, -0.2) is 0 Å². The zero-order valence-corrected chi connectivity index (χ0v) is 53.0. The van der Waals surface area contributed by atoms with Gasteiger partial charge in [-0.15, -0.1) is 0 Å². The maximum absolute atomic E-state index is 13.8. The summed E-state index contributed by atoms with van der Waals surface area (Å²) in [7, 11) is 0. The van der Waals surface area contributed by atoms with Crippen LogP contribution in [0.3, 0.4) is 0 Å². The highest BCUT2D eigenvalue weighted by atomic mass is 16.8. The largest absolute Gasteiger partial charge is 0.457 e. The number of unbranched alkanes of at least 4 members (excludes halogenated alkanes) is 14. The lowest BCUT2D eigenvalue weighted by Crippen LogP contribution is -2.67. The molecular formula is C64H112O22. The summed E-state index contributed by atoms with van der Waals surface area (Å²) in [4.78, 5) is 54.3. The van der Waals surface area contributed by atoms with Crippen LogP contribution in [0.2, 0.25) is 0 Å². The topological polar surface area (TPSA) is 300 Å². The van der Waals surface area contributed by atoms with E-state index in [0.717, 1.165) is 135 Å². The van der Waals surface area contributed by atoms with E-state index >= 15 is 0 Å². The third kappa shape index (κ3) is 23.5. The molecule has 5 fully saturated rings. The standard InChI is InChI=1S/C64H112O22/c1-8-12-16-22-29-35-45(66)80-54-40(5)75-61(58(51(54)72)81-46(67)36-30-23-17-13-9-2)84-55-41(6)76-62(59(52(55)73)82-47(68)37-31-24-18-14-10-3)85-56-42(7)77-63-60(53(56)74)83-48(69)38-32-26-21-19-20-25-28-34-43(33-27-15-11-4)78-64-57(86-63)50(71)49(70)44(39-65)79-64/h40-44,49-65,70-74H,8-39H2,1-7H3/t40-,41-,42-,43-,44+,49+,50-,51+,52+,53+,54-,55-,56-,57+,58+,59+,60+,61-,62-,63-,64+/m0/s1. The molecule has 5 aliphatic heterocycles. The highest BCUT2D eigenvalue weighted by Crippen LogP contribution is 2.38. The van der Waals surface area contributed by atoms with Crippen molar-refractivity contribution >= 4 is 23.9 Å². The zero-order chi connectivity index (χ0) is 62.5. The lowest BCUT2D eigenvalue weighted by molar-refractivity contribution is -0.388. The quantitative estimate of drug-likeness (QED) is 0.0225. The smallest absolute Gasteiger partial charge is 0.306 e. The van der Waals surface area contributed by atoms with E-state index < -0.39 is 153 Å². The number of carbonyl (C=O) groups excluding carboxylic acids is 4. The molecule has 0 aromatic rings. The molecule has 6 N–H and O–H groups in total. The minimum atomic E-state index is -1.78. The van der Waals surface area contributed by atoms with Crippen molar-refractivity contribution in [1.29, 1.82) is 0 Å². The minimum absolute atomic E-state index is 0.00777. The second-order valence-electron chi connectivity index (χ2n) is 24.7. The Hall–Kier alpha value is -2.68. The maximum atomic E-state index is 13.8. The van der Waals surface area contributed by atoms with Gasteiger partial charge in [0.2, 0.25) is 0 Å². The fraction of sp³-hybridized carbons (Fsp3) is 0.938. The molecule has 5 rings (SSSR count). The predicted molar refractivity (Wildman–Crippen MR) is 314 cm³/mol. The van der Waals surface area contributed by atoms with Gasteiger partial charge in [-0.3, -0.25) is 19.2 Å². The fourth-order valence-corrected chi connectivity index (χ4v) is 12.1. The van der Waals surface area contributed by atoms with Gasteiger partial charge in [0.05, 0.1) is 31.0 Å². The van der Waals surface area contributed by atoms with Gasteiger partial charge in [-0.2, -0.15) is 0 Å². The number of aliphatic hydroxyl groups excluding tert-OH is 6. The number of carbonyl (C=O) groups is 4. The monoisotopic (exact) mass is 1230 g/mol. The molecule has 0 radical (unpaired) electrons. The summed E-state index contributed by atoms with van der Waals surface area (Å²) in [5.74, 6) is -2.57. The molecule has 86 heavy (non-hydrogen) atoms. The number of aliphatic hydroxyl groups is 6. The molecule has 500 valence electrons. The Bertz CT molecular complexity index is 1900. The Balaban J connectivity index is 1.43. The van der Waals surface area contributed by atoms with Gasteiger partial charge < -0.3 is 87.5 Å². The number of hydrogen-bond acceptors (Lipinski definition) is 22. The van der Waals surface area contributed by atoms with Crippen LogP contribution in [0.15, 0.2) is 0 Å². The summed E-state index contributed by atoms with van der Waals surface area (Å²) in [5, 5.41) is 70.2. The van der Waals surface area contributed by atoms with Crippen molar-refractivity contribution in [3.05, 3.63) is 0 Å². The van der Waals surface area contributed by atoms with E-state index in [1.54, 1.807) is 20.8 Å². The van der Waals surface area contributed by atoms with E-state index in [9.17, 15) is 49.8 Å². The molecule has 0 aliphatic carbocycles. The highest BCUT2D eigenvalue weighted by molar-refractivity contribution is 5.71. The van der Waals surface area contributed by atoms with Crippen LogP contribution in [-0.2, 0) is 76.0 Å². The molecular weight excluding hydrogens is 1120 g/mol. The molecule has 22 nitrogen and oxygen atoms in total. The van der Waals surface area contributed by atoms with Crippen LogP contribution in [0.25, 0.3) is 0 Å². The average Bonchev–Trinajstić information content (AvgIpc) is 0.924. The number of rotatable bonds is 30. The molecule has 5 heterocycles. The number of esters is 4. The summed E-state index contributed by atoms with van der Waals surface area (Å²) >= 11 is 0. The van der Waals surface area contributed by atoms with Crippen LogP contribution in [0.4, 0.5) is 0 Å². The molecule has 0 aromatic carbocycles. The third-order valence-electron chi connectivity index (χ3n) is 17.3. The van der Waals surface area contributed by atoms with Crippen molar-refractivity contribution < 1.29 is 107 Å². The molecule has 0 bridgehead atoms. The molecule has 5 aliphatic rings. The van der Waals surface area contributed by atoms with Gasteiger partial charge in [0.15, 0.2) is 49.6 Å². The summed E-state index contributed by atoms with van der Waals surface area (Å²) in [5.41, 5.74) is 0. The first-order valence-electron chi connectivity index (χ1n) is 33.5. The van der Waals surface area contributed by atoms with Gasteiger partial charge in [0, 0.05) is 25.7 Å². The maximum Gasteiger partial charge on any atom is 0.306 e. The van der Waals surface area contributed by atoms with Crippen molar-refractivity contribution in [2.24, 2.45) is 0 Å². The Kier molecular flexibility index (Phi) is 34.6. The van der Waals surface area contributed by atoms with E-state index in [4.69, 9.17) is 56.8 Å². The average molecular weight is 1230 g/mol. The van der Waals surface area contributed by atoms with E-state index in [-0.39, 0.29) is 31.8 Å². The van der Waals surface area contributed by atoms with Crippen molar-refractivity contribution in [2.45, 2.75) is 376 Å². The number of ether oxygens (including phenoxy) is 12. The van der Waals surface area contributed by atoms with Crippen LogP contribution >= 0.6 is 0 Å². The molecule has 0 amide bonds. The van der Waals surface area contributed by atoms with Gasteiger partial charge in [-0.05, 0) is 59.3 Å². The zero-order valence-electron chi connectivity index (χ0n) is 53.0. The molecule has 21 atom stereocenters. The SMILES string of the molecule is CCCCCCCC(=O)O[C@@H]1[C@@H](O)[C@@H](OC(=O)CCCCCCC)[C@H](O[C@@H]2[C@@H](O)[C@@H](OC(=O)CCCCCCC)[C@H](O[C@@H]3[C@@H](O)[C@H]4OC(=O)CCCCCCCCC[C@H](CCCCC)O[C@@H]5O[C@H](CO)[C@@H](O)[C@H](O)[C@H]5O[C@@H]4O[C@H]3C)O[C@H]2C)O[C@H]1C. The van der Waals surface area contributed by atoms with Crippen molar-refractivity contribution in [2.75, 3.05) is 6.61 Å². The Morgan fingerprint density at radius 3 is 1.40 bits per heavy atom. The van der Waals surface area contributed by atoms with Crippen LogP contribution in [0.1, 0.15) is 248 Å². The lowest BCUT2D eigenvalue weighted by Gasteiger charge is -2.49. The molecule has 22 heteroatoms. The summed E-state index contributed by atoms with van der Waals surface area (Å²) in [6.07, 6.45) is -6.93. The van der Waals surface area contributed by atoms with Crippen LogP contribution in [0.5, 0.6) is 0 Å². The minimum Gasteiger partial charge on any atom is -0.457 e. The first-order chi connectivity index (χ1) is 41.5. The van der Waals surface area contributed by atoms with Gasteiger partial charge in [-0.1, -0.05) is 163 Å². The lowest BCUT2D eigenvalue weighted by atomic mass is 9.95. The van der Waals surface area contributed by atoms with Crippen LogP contribution < -0.4 is 0 Å². The summed E-state index contributed by atoms with van der Waals surface area (Å²) in [6, 6.07) is 0. The van der Waals surface area contributed by atoms with E-state index in [0.29, 0.717) is 38.5 Å². The highest BCUT2D eigenvalue weighted by Gasteiger charge is 2.57. The van der Waals surface area contributed by atoms with Crippen molar-refractivity contribution in [3.63, 3.8) is 0 Å². The van der Waals surface area contributed by atoms with E-state index in [1.807, 2.05) is 0 Å². The Labute approximate surface area is 511 Å². The number of fused-ring (bicyclic) bond motifs is 2.